The molecule has 1 aromatic carbocycles. The normalized spacial score (nSPS) is 14.8. The van der Waals surface area contributed by atoms with Crippen LogP contribution in [0.25, 0.3) is 5.65 Å². The first-order chi connectivity index (χ1) is 15.4. The van der Waals surface area contributed by atoms with Crippen LogP contribution in [0, 0.1) is 6.92 Å². The van der Waals surface area contributed by atoms with Crippen molar-refractivity contribution < 1.29 is 17.9 Å². The fourth-order valence-electron chi connectivity index (χ4n) is 3.37. The monoisotopic (exact) mass is 474 g/mol. The molecule has 32 heavy (non-hydrogen) atoms. The molecule has 0 spiro atoms. The molecular weight excluding hydrogens is 452 g/mol. The third kappa shape index (κ3) is 4.58. The number of sulfonamides is 1. The molecule has 1 fully saturated rings. The number of carbonyl (C=O) groups is 1. The summed E-state index contributed by atoms with van der Waals surface area (Å²) in [5.74, 6) is -0.391. The molecule has 10 nitrogen and oxygen atoms in total. The zero-order valence-corrected chi connectivity index (χ0v) is 18.9. The molecule has 0 atom stereocenters. The minimum Gasteiger partial charge on any atom is -0.379 e. The van der Waals surface area contributed by atoms with E-state index in [1.165, 1.54) is 16.4 Å². The van der Waals surface area contributed by atoms with E-state index in [0.29, 0.717) is 49.0 Å². The van der Waals surface area contributed by atoms with Crippen molar-refractivity contribution in [1.29, 1.82) is 0 Å². The number of fused-ring (bicyclic) bond motifs is 1. The van der Waals surface area contributed by atoms with Crippen LogP contribution in [0.1, 0.15) is 16.2 Å². The van der Waals surface area contributed by atoms with E-state index in [-0.39, 0.29) is 10.0 Å². The van der Waals surface area contributed by atoms with Crippen molar-refractivity contribution in [1.82, 2.24) is 24.5 Å². The maximum atomic E-state index is 12.7. The van der Waals surface area contributed by atoms with Gasteiger partial charge in [-0.15, -0.1) is 0 Å². The average Bonchev–Trinajstić information content (AvgIpc) is 3.14. The summed E-state index contributed by atoms with van der Waals surface area (Å²) in [6.45, 7) is 3.20. The predicted molar refractivity (Wildman–Crippen MR) is 123 cm³/mol. The molecule has 3 heterocycles. The molecule has 1 aliphatic rings. The van der Waals surface area contributed by atoms with Gasteiger partial charge in [-0.3, -0.25) is 20.0 Å². The topological polar surface area (TPSA) is 117 Å². The van der Waals surface area contributed by atoms with Crippen molar-refractivity contribution in [2.75, 3.05) is 31.6 Å². The van der Waals surface area contributed by atoms with Crippen LogP contribution < -0.4 is 16.2 Å². The summed E-state index contributed by atoms with van der Waals surface area (Å²) in [5.41, 5.74) is 7.42. The fourth-order valence-corrected chi connectivity index (χ4v) is 4.95. The van der Waals surface area contributed by atoms with Crippen molar-refractivity contribution >= 4 is 44.6 Å². The Labute approximate surface area is 190 Å². The molecule has 4 rings (SSSR count). The number of nitrogens with one attached hydrogen (secondary N) is 3. The number of rotatable bonds is 4. The van der Waals surface area contributed by atoms with Crippen molar-refractivity contribution in [2.45, 2.75) is 11.8 Å². The molecular formula is C20H22N6O4S2. The molecule has 2 aromatic heterocycles. The lowest BCUT2D eigenvalue weighted by Gasteiger charge is -2.26. The van der Waals surface area contributed by atoms with Crippen LogP contribution in [0.3, 0.4) is 0 Å². The van der Waals surface area contributed by atoms with Crippen molar-refractivity contribution in [3.8, 4) is 0 Å². The molecule has 1 aliphatic heterocycles. The number of ether oxygens (including phenoxy) is 1. The second-order valence-electron chi connectivity index (χ2n) is 7.05. The Morgan fingerprint density at radius 1 is 1.09 bits per heavy atom. The van der Waals surface area contributed by atoms with Gasteiger partial charge in [0.05, 0.1) is 23.8 Å². The molecule has 3 N–H and O–H groups in total. The van der Waals surface area contributed by atoms with Crippen LogP contribution in [-0.2, 0) is 14.8 Å². The fraction of sp³-hybridized carbons (Fsp3) is 0.250. The minimum atomic E-state index is -3.56. The Balaban J connectivity index is 1.36. The molecule has 0 bridgehead atoms. The van der Waals surface area contributed by atoms with Crippen molar-refractivity contribution in [3.05, 3.63) is 60.0 Å². The van der Waals surface area contributed by atoms with Gasteiger partial charge in [0.25, 0.3) is 5.91 Å². The Kier molecular flexibility index (Phi) is 6.37. The SMILES string of the molecule is Cc1nc2ccccn2c1C(=O)NNC(=S)Nc1ccc(S(=O)(=O)N2CCOCC2)cc1. The Morgan fingerprint density at radius 3 is 2.53 bits per heavy atom. The molecule has 0 saturated carbocycles. The maximum Gasteiger partial charge on any atom is 0.288 e. The molecule has 1 saturated heterocycles. The number of aryl methyl sites for hydroxylation is 1. The van der Waals surface area contributed by atoms with Gasteiger partial charge in [-0.25, -0.2) is 13.4 Å². The number of hydrogen-bond acceptors (Lipinski definition) is 6. The van der Waals surface area contributed by atoms with E-state index in [4.69, 9.17) is 17.0 Å². The number of nitrogens with zero attached hydrogens (tertiary/aromatic N) is 3. The van der Waals surface area contributed by atoms with E-state index in [1.54, 1.807) is 29.7 Å². The van der Waals surface area contributed by atoms with Crippen molar-refractivity contribution in [3.63, 3.8) is 0 Å². The molecule has 0 unspecified atom stereocenters. The molecule has 1 amide bonds. The van der Waals surface area contributed by atoms with Crippen molar-refractivity contribution in [2.24, 2.45) is 0 Å². The van der Waals surface area contributed by atoms with Gasteiger partial charge in [0.1, 0.15) is 11.3 Å². The first-order valence-electron chi connectivity index (χ1n) is 9.85. The highest BCUT2D eigenvalue weighted by molar-refractivity contribution is 7.89. The molecule has 12 heteroatoms. The first kappa shape index (κ1) is 22.1. The highest BCUT2D eigenvalue weighted by atomic mass is 32.2. The Morgan fingerprint density at radius 2 is 1.81 bits per heavy atom. The summed E-state index contributed by atoms with van der Waals surface area (Å²) < 4.78 is 33.7. The zero-order chi connectivity index (χ0) is 22.7. The van der Waals surface area contributed by atoms with E-state index in [0.717, 1.165) is 0 Å². The summed E-state index contributed by atoms with van der Waals surface area (Å²) in [5, 5.41) is 3.05. The highest BCUT2D eigenvalue weighted by Crippen LogP contribution is 2.19. The summed E-state index contributed by atoms with van der Waals surface area (Å²) in [7, 11) is -3.56. The van der Waals surface area contributed by atoms with E-state index in [1.807, 2.05) is 18.2 Å². The van der Waals surface area contributed by atoms with E-state index >= 15 is 0 Å². The maximum absolute atomic E-state index is 12.7. The number of morpholine rings is 1. The van der Waals surface area contributed by atoms with Gasteiger partial charge in [0, 0.05) is 25.0 Å². The number of thiocarbonyl (C=S) groups is 1. The number of aromatic nitrogens is 2. The van der Waals surface area contributed by atoms with Gasteiger partial charge in [-0.05, 0) is 55.5 Å². The number of carbonyl (C=O) groups excluding carboxylic acids is 1. The lowest BCUT2D eigenvalue weighted by atomic mass is 10.3. The highest BCUT2D eigenvalue weighted by Gasteiger charge is 2.26. The third-order valence-corrected chi connectivity index (χ3v) is 7.05. The number of pyridine rings is 1. The Hall–Kier alpha value is -3.06. The minimum absolute atomic E-state index is 0.147. The molecule has 0 aliphatic carbocycles. The van der Waals surface area contributed by atoms with Gasteiger partial charge in [-0.1, -0.05) is 6.07 Å². The number of amides is 1. The summed E-state index contributed by atoms with van der Waals surface area (Å²) in [6.07, 6.45) is 1.76. The third-order valence-electron chi connectivity index (χ3n) is 4.93. The number of imidazole rings is 1. The quantitative estimate of drug-likeness (QED) is 0.383. The van der Waals surface area contributed by atoms with E-state index < -0.39 is 15.9 Å². The van der Waals surface area contributed by atoms with Crippen LogP contribution >= 0.6 is 12.2 Å². The second kappa shape index (κ2) is 9.20. The largest absolute Gasteiger partial charge is 0.379 e. The average molecular weight is 475 g/mol. The first-order valence-corrected chi connectivity index (χ1v) is 11.7. The molecule has 168 valence electrons. The lowest BCUT2D eigenvalue weighted by Crippen LogP contribution is -2.44. The predicted octanol–water partition coefficient (Wildman–Crippen LogP) is 1.30. The lowest BCUT2D eigenvalue weighted by molar-refractivity contribution is 0.0730. The van der Waals surface area contributed by atoms with Gasteiger partial charge in [0.2, 0.25) is 10.0 Å². The van der Waals surface area contributed by atoms with Crippen LogP contribution in [0.4, 0.5) is 5.69 Å². The number of anilines is 1. The van der Waals surface area contributed by atoms with Gasteiger partial charge < -0.3 is 10.1 Å². The molecule has 0 radical (unpaired) electrons. The second-order valence-corrected chi connectivity index (χ2v) is 9.39. The van der Waals surface area contributed by atoms with Gasteiger partial charge in [0.15, 0.2) is 5.11 Å². The van der Waals surface area contributed by atoms with E-state index in [9.17, 15) is 13.2 Å². The van der Waals surface area contributed by atoms with Crippen LogP contribution in [0.15, 0.2) is 53.6 Å². The Bertz CT molecular complexity index is 1250. The van der Waals surface area contributed by atoms with Gasteiger partial charge in [-0.2, -0.15) is 4.31 Å². The van der Waals surface area contributed by atoms with E-state index in [2.05, 4.69) is 21.2 Å². The standard InChI is InChI=1S/C20H22N6O4S2/c1-14-18(26-9-3-2-4-17(26)21-14)19(27)23-24-20(31)22-15-5-7-16(8-6-15)32(28,29)25-10-12-30-13-11-25/h2-9H,10-13H2,1H3,(H,23,27)(H2,22,24,31). The summed E-state index contributed by atoms with van der Waals surface area (Å²) in [4.78, 5) is 17.2. The smallest absolute Gasteiger partial charge is 0.288 e. The zero-order valence-electron chi connectivity index (χ0n) is 17.2. The number of benzene rings is 1. The van der Waals surface area contributed by atoms with Gasteiger partial charge >= 0.3 is 0 Å². The number of hydrogen-bond donors (Lipinski definition) is 3. The molecule has 3 aromatic rings. The number of hydrazine groups is 1. The summed E-state index contributed by atoms with van der Waals surface area (Å²) >= 11 is 5.22. The summed E-state index contributed by atoms with van der Waals surface area (Å²) in [6, 6.07) is 11.7. The van der Waals surface area contributed by atoms with Crippen LogP contribution in [0.2, 0.25) is 0 Å². The van der Waals surface area contributed by atoms with Crippen LogP contribution in [0.5, 0.6) is 0 Å². The van der Waals surface area contributed by atoms with Crippen LogP contribution in [-0.4, -0.2) is 59.4 Å².